The van der Waals surface area contributed by atoms with Crippen LogP contribution in [0.25, 0.3) is 0 Å². The lowest BCUT2D eigenvalue weighted by Crippen LogP contribution is -2.40. The zero-order valence-corrected chi connectivity index (χ0v) is 10.9. The lowest BCUT2D eigenvalue weighted by atomic mass is 10.0. The fraction of sp³-hybridized carbons (Fsp3) is 0.364. The van der Waals surface area contributed by atoms with E-state index in [1.54, 1.807) is 0 Å². The van der Waals surface area contributed by atoms with Gasteiger partial charge in [-0.1, -0.05) is 30.4 Å². The molecule has 1 aliphatic rings. The highest BCUT2D eigenvalue weighted by molar-refractivity contribution is 7.95. The number of benzene rings is 1. The number of nitrogens with zero attached hydrogens (tertiary/aromatic N) is 1. The number of rotatable bonds is 3. The fourth-order valence-corrected chi connectivity index (χ4v) is 3.89. The summed E-state index contributed by atoms with van der Waals surface area (Å²) in [6.07, 6.45) is 1.74. The minimum atomic E-state index is -3.43. The number of aryl methyl sites for hydroxylation is 1. The van der Waals surface area contributed by atoms with Crippen molar-refractivity contribution in [1.82, 2.24) is 0 Å². The minimum Gasteiger partial charge on any atom is -0.392 e. The maximum atomic E-state index is 12.1. The summed E-state index contributed by atoms with van der Waals surface area (Å²) in [5, 5.41) is 0. The molecule has 0 amide bonds. The van der Waals surface area contributed by atoms with E-state index < -0.39 is 10.0 Å². The van der Waals surface area contributed by atoms with Crippen LogP contribution in [0.4, 0.5) is 5.69 Å². The summed E-state index contributed by atoms with van der Waals surface area (Å²) >= 11 is 4.68. The standard InChI is InChI=1S/C11H14N2O2S2/c12-11(16)8-17(14,15)13-7-3-5-9-4-1-2-6-10(9)13/h1-2,4,6H,3,5,7-8H2,(H2,12,16). The zero-order chi connectivity index (χ0) is 12.5. The molecule has 0 aliphatic carbocycles. The predicted octanol–water partition coefficient (Wildman–Crippen LogP) is 1.06. The van der Waals surface area contributed by atoms with Gasteiger partial charge in [-0.2, -0.15) is 0 Å². The molecule has 1 aliphatic heterocycles. The molecule has 1 aromatic carbocycles. The number of fused-ring (bicyclic) bond motifs is 1. The summed E-state index contributed by atoms with van der Waals surface area (Å²) in [5.41, 5.74) is 7.15. The van der Waals surface area contributed by atoms with Crippen molar-refractivity contribution in [2.75, 3.05) is 16.6 Å². The van der Waals surface area contributed by atoms with Crippen LogP contribution in [0.1, 0.15) is 12.0 Å². The van der Waals surface area contributed by atoms with Crippen molar-refractivity contribution >= 4 is 32.9 Å². The van der Waals surface area contributed by atoms with Crippen molar-refractivity contribution in [1.29, 1.82) is 0 Å². The fourth-order valence-electron chi connectivity index (χ4n) is 2.05. The van der Waals surface area contributed by atoms with Crippen LogP contribution in [-0.2, 0) is 16.4 Å². The van der Waals surface area contributed by atoms with E-state index in [2.05, 4.69) is 12.2 Å². The number of para-hydroxylation sites is 1. The third kappa shape index (κ3) is 2.58. The lowest BCUT2D eigenvalue weighted by molar-refractivity contribution is 0.590. The van der Waals surface area contributed by atoms with Crippen molar-refractivity contribution in [3.63, 3.8) is 0 Å². The molecule has 0 radical (unpaired) electrons. The van der Waals surface area contributed by atoms with E-state index in [-0.39, 0.29) is 10.7 Å². The number of hydrogen-bond donors (Lipinski definition) is 1. The van der Waals surface area contributed by atoms with Crippen molar-refractivity contribution < 1.29 is 8.42 Å². The molecule has 1 heterocycles. The van der Waals surface area contributed by atoms with E-state index in [1.807, 2.05) is 24.3 Å². The summed E-state index contributed by atoms with van der Waals surface area (Å²) in [5.74, 6) is -0.267. The first-order valence-corrected chi connectivity index (χ1v) is 7.39. The van der Waals surface area contributed by atoms with Gasteiger partial charge in [0.15, 0.2) is 0 Å². The van der Waals surface area contributed by atoms with Crippen LogP contribution in [0.15, 0.2) is 24.3 Å². The molecule has 6 heteroatoms. The SMILES string of the molecule is NC(=S)CS(=O)(=O)N1CCCc2ccccc21. The summed E-state index contributed by atoms with van der Waals surface area (Å²) in [4.78, 5) is 0.00746. The first kappa shape index (κ1) is 12.3. The Bertz CT molecular complexity index is 540. The Morgan fingerprint density at radius 3 is 2.82 bits per heavy atom. The molecule has 0 aromatic heterocycles. The van der Waals surface area contributed by atoms with Gasteiger partial charge in [0.05, 0.1) is 10.7 Å². The number of anilines is 1. The second kappa shape index (κ2) is 4.62. The normalized spacial score (nSPS) is 15.4. The average molecular weight is 270 g/mol. The van der Waals surface area contributed by atoms with E-state index in [0.29, 0.717) is 6.54 Å². The maximum absolute atomic E-state index is 12.1. The first-order valence-electron chi connectivity index (χ1n) is 5.37. The van der Waals surface area contributed by atoms with Crippen molar-refractivity contribution in [3.05, 3.63) is 29.8 Å². The van der Waals surface area contributed by atoms with Crippen molar-refractivity contribution in [2.45, 2.75) is 12.8 Å². The third-order valence-electron chi connectivity index (χ3n) is 2.73. The van der Waals surface area contributed by atoms with Crippen LogP contribution in [0.3, 0.4) is 0 Å². The highest BCUT2D eigenvalue weighted by atomic mass is 32.2. The molecule has 0 spiro atoms. The quantitative estimate of drug-likeness (QED) is 0.834. The van der Waals surface area contributed by atoms with Gasteiger partial charge in [-0.25, -0.2) is 8.42 Å². The van der Waals surface area contributed by atoms with Crippen LogP contribution in [0, 0.1) is 0 Å². The molecule has 0 saturated carbocycles. The van der Waals surface area contributed by atoms with Gasteiger partial charge in [-0.05, 0) is 24.5 Å². The van der Waals surface area contributed by atoms with Crippen molar-refractivity contribution in [2.24, 2.45) is 5.73 Å². The number of nitrogens with two attached hydrogens (primary N) is 1. The second-order valence-electron chi connectivity index (χ2n) is 4.03. The average Bonchev–Trinajstić information content (AvgIpc) is 2.26. The Morgan fingerprint density at radius 1 is 1.41 bits per heavy atom. The van der Waals surface area contributed by atoms with Crippen LogP contribution >= 0.6 is 12.2 Å². The Hall–Kier alpha value is -1.14. The second-order valence-corrected chi connectivity index (χ2v) is 6.44. The van der Waals surface area contributed by atoms with Gasteiger partial charge < -0.3 is 5.73 Å². The molecule has 0 bridgehead atoms. The number of hydrogen-bond acceptors (Lipinski definition) is 3. The predicted molar refractivity (Wildman–Crippen MR) is 72.7 cm³/mol. The zero-order valence-electron chi connectivity index (χ0n) is 9.30. The molecule has 2 rings (SSSR count). The van der Waals surface area contributed by atoms with E-state index in [9.17, 15) is 8.42 Å². The topological polar surface area (TPSA) is 63.4 Å². The molecule has 0 saturated heterocycles. The Kier molecular flexibility index (Phi) is 3.35. The summed E-state index contributed by atoms with van der Waals surface area (Å²) in [6, 6.07) is 7.54. The van der Waals surface area contributed by atoms with E-state index in [4.69, 9.17) is 5.73 Å². The molecule has 2 N–H and O–H groups in total. The van der Waals surface area contributed by atoms with E-state index >= 15 is 0 Å². The van der Waals surface area contributed by atoms with Gasteiger partial charge in [-0.15, -0.1) is 0 Å². The Balaban J connectivity index is 2.39. The van der Waals surface area contributed by atoms with Gasteiger partial charge >= 0.3 is 0 Å². The first-order chi connectivity index (χ1) is 8.00. The van der Waals surface area contributed by atoms with E-state index in [0.717, 1.165) is 24.1 Å². The van der Waals surface area contributed by atoms with Crippen molar-refractivity contribution in [3.8, 4) is 0 Å². The van der Waals surface area contributed by atoms with Crippen LogP contribution in [0.5, 0.6) is 0 Å². The van der Waals surface area contributed by atoms with Gasteiger partial charge in [-0.3, -0.25) is 4.31 Å². The lowest BCUT2D eigenvalue weighted by Gasteiger charge is -2.30. The highest BCUT2D eigenvalue weighted by Crippen LogP contribution is 2.28. The van der Waals surface area contributed by atoms with Gasteiger partial charge in [0.25, 0.3) is 0 Å². The van der Waals surface area contributed by atoms with Crippen LogP contribution < -0.4 is 10.0 Å². The molecule has 17 heavy (non-hydrogen) atoms. The molecular weight excluding hydrogens is 256 g/mol. The Morgan fingerprint density at radius 2 is 2.12 bits per heavy atom. The van der Waals surface area contributed by atoms with Gasteiger partial charge in [0, 0.05) is 6.54 Å². The van der Waals surface area contributed by atoms with Crippen LogP contribution in [-0.4, -0.2) is 25.7 Å². The number of sulfonamides is 1. The van der Waals surface area contributed by atoms with E-state index in [1.165, 1.54) is 4.31 Å². The smallest absolute Gasteiger partial charge is 0.241 e. The summed E-state index contributed by atoms with van der Waals surface area (Å²) in [6.45, 7) is 0.502. The highest BCUT2D eigenvalue weighted by Gasteiger charge is 2.27. The van der Waals surface area contributed by atoms with Crippen LogP contribution in [0.2, 0.25) is 0 Å². The summed E-state index contributed by atoms with van der Waals surface area (Å²) in [7, 11) is -3.43. The molecular formula is C11H14N2O2S2. The molecule has 0 fully saturated rings. The third-order valence-corrected chi connectivity index (χ3v) is 4.78. The van der Waals surface area contributed by atoms with Gasteiger partial charge in [0.2, 0.25) is 10.0 Å². The van der Waals surface area contributed by atoms with Gasteiger partial charge in [0.1, 0.15) is 5.75 Å². The molecule has 0 atom stereocenters. The molecule has 1 aromatic rings. The minimum absolute atomic E-state index is 0.00746. The Labute approximate surface area is 106 Å². The molecule has 0 unspecified atom stereocenters. The largest absolute Gasteiger partial charge is 0.392 e. The molecule has 92 valence electrons. The maximum Gasteiger partial charge on any atom is 0.241 e. The molecule has 4 nitrogen and oxygen atoms in total. The monoisotopic (exact) mass is 270 g/mol. The number of thiocarbonyl (C=S) groups is 1. The summed E-state index contributed by atoms with van der Waals surface area (Å²) < 4.78 is 25.7.